The molecule has 0 saturated carbocycles. The van der Waals surface area contributed by atoms with Gasteiger partial charge in [0.15, 0.2) is 5.16 Å². The minimum absolute atomic E-state index is 0.604. The summed E-state index contributed by atoms with van der Waals surface area (Å²) in [5.74, 6) is 0.632. The molecule has 82 valence electrons. The van der Waals surface area contributed by atoms with Crippen LogP contribution in [0.1, 0.15) is 0 Å². The Morgan fingerprint density at radius 1 is 1.38 bits per heavy atom. The Hall–Kier alpha value is -1.26. The monoisotopic (exact) mass is 251 g/mol. The SMILES string of the molecule is C=C(Cl)CSc1nncn1-c1ccccc1. The molecule has 0 aliphatic carbocycles. The first-order chi connectivity index (χ1) is 7.77. The average molecular weight is 252 g/mol. The number of nitrogens with zero attached hydrogens (tertiary/aromatic N) is 3. The van der Waals surface area contributed by atoms with Gasteiger partial charge in [-0.2, -0.15) is 0 Å². The molecule has 1 aromatic carbocycles. The van der Waals surface area contributed by atoms with Crippen LogP contribution in [0, 0.1) is 0 Å². The maximum Gasteiger partial charge on any atom is 0.195 e. The van der Waals surface area contributed by atoms with Crippen LogP contribution in [-0.2, 0) is 0 Å². The van der Waals surface area contributed by atoms with Gasteiger partial charge in [0.25, 0.3) is 0 Å². The van der Waals surface area contributed by atoms with Gasteiger partial charge in [0, 0.05) is 16.5 Å². The molecular weight excluding hydrogens is 242 g/mol. The van der Waals surface area contributed by atoms with Gasteiger partial charge in [0.05, 0.1) is 0 Å². The Labute approximate surface area is 103 Å². The summed E-state index contributed by atoms with van der Waals surface area (Å²) < 4.78 is 1.92. The van der Waals surface area contributed by atoms with Gasteiger partial charge in [-0.1, -0.05) is 48.1 Å². The number of hydrogen-bond donors (Lipinski definition) is 0. The third-order valence-corrected chi connectivity index (χ3v) is 3.23. The number of thioether (sulfide) groups is 1. The van der Waals surface area contributed by atoms with Crippen LogP contribution in [0.25, 0.3) is 5.69 Å². The lowest BCUT2D eigenvalue weighted by Gasteiger charge is -2.04. The van der Waals surface area contributed by atoms with E-state index in [4.69, 9.17) is 11.6 Å². The molecule has 3 nitrogen and oxygen atoms in total. The van der Waals surface area contributed by atoms with Crippen molar-refractivity contribution >= 4 is 23.4 Å². The van der Waals surface area contributed by atoms with Gasteiger partial charge >= 0.3 is 0 Å². The van der Waals surface area contributed by atoms with E-state index in [1.54, 1.807) is 6.33 Å². The highest BCUT2D eigenvalue weighted by atomic mass is 35.5. The number of halogens is 1. The number of hydrogen-bond acceptors (Lipinski definition) is 3. The first-order valence-electron chi connectivity index (χ1n) is 4.69. The predicted molar refractivity (Wildman–Crippen MR) is 67.1 cm³/mol. The highest BCUT2D eigenvalue weighted by Crippen LogP contribution is 2.21. The highest BCUT2D eigenvalue weighted by Gasteiger charge is 2.06. The van der Waals surface area contributed by atoms with Gasteiger partial charge in [-0.05, 0) is 12.1 Å². The second kappa shape index (κ2) is 5.18. The Morgan fingerprint density at radius 3 is 2.81 bits per heavy atom. The largest absolute Gasteiger partial charge is 0.277 e. The topological polar surface area (TPSA) is 30.7 Å². The Kier molecular flexibility index (Phi) is 3.64. The van der Waals surface area contributed by atoms with Crippen molar-refractivity contribution in [2.75, 3.05) is 5.75 Å². The van der Waals surface area contributed by atoms with Crippen molar-refractivity contribution in [3.05, 3.63) is 48.3 Å². The number of benzene rings is 1. The molecule has 0 amide bonds. The van der Waals surface area contributed by atoms with Crippen molar-refractivity contribution < 1.29 is 0 Å². The summed E-state index contributed by atoms with van der Waals surface area (Å²) in [4.78, 5) is 0. The van der Waals surface area contributed by atoms with E-state index in [0.717, 1.165) is 10.8 Å². The molecular formula is C11H10ClN3S. The van der Waals surface area contributed by atoms with Gasteiger partial charge in [-0.3, -0.25) is 4.57 Å². The van der Waals surface area contributed by atoms with Crippen molar-refractivity contribution in [1.29, 1.82) is 0 Å². The van der Waals surface area contributed by atoms with Crippen molar-refractivity contribution in [2.24, 2.45) is 0 Å². The standard InChI is InChI=1S/C11H10ClN3S/c1-9(12)7-16-11-14-13-8-15(11)10-5-3-2-4-6-10/h2-6,8H,1,7H2. The van der Waals surface area contributed by atoms with E-state index in [1.165, 1.54) is 11.8 Å². The zero-order valence-electron chi connectivity index (χ0n) is 8.51. The zero-order valence-corrected chi connectivity index (χ0v) is 10.1. The van der Waals surface area contributed by atoms with Gasteiger partial charge in [0.2, 0.25) is 0 Å². The summed E-state index contributed by atoms with van der Waals surface area (Å²) in [5.41, 5.74) is 1.04. The molecule has 0 saturated heterocycles. The minimum Gasteiger partial charge on any atom is -0.277 e. The van der Waals surface area contributed by atoms with E-state index >= 15 is 0 Å². The van der Waals surface area contributed by atoms with Crippen LogP contribution in [0.5, 0.6) is 0 Å². The summed E-state index contributed by atoms with van der Waals surface area (Å²) in [5, 5.41) is 9.35. The van der Waals surface area contributed by atoms with Crippen molar-refractivity contribution in [3.8, 4) is 5.69 Å². The molecule has 2 aromatic rings. The molecule has 0 N–H and O–H groups in total. The molecule has 0 aliphatic rings. The van der Waals surface area contributed by atoms with Crippen molar-refractivity contribution in [3.63, 3.8) is 0 Å². The summed E-state index contributed by atoms with van der Waals surface area (Å²) in [6, 6.07) is 9.93. The summed E-state index contributed by atoms with van der Waals surface area (Å²) >= 11 is 7.23. The zero-order chi connectivity index (χ0) is 11.4. The van der Waals surface area contributed by atoms with E-state index < -0.39 is 0 Å². The Bertz CT molecular complexity index is 481. The molecule has 2 rings (SSSR count). The van der Waals surface area contributed by atoms with Gasteiger partial charge in [0.1, 0.15) is 6.33 Å². The fourth-order valence-corrected chi connectivity index (χ4v) is 2.08. The Balaban J connectivity index is 2.23. The lowest BCUT2D eigenvalue weighted by atomic mass is 10.3. The summed E-state index contributed by atoms with van der Waals surface area (Å²) in [7, 11) is 0. The molecule has 1 aromatic heterocycles. The first-order valence-corrected chi connectivity index (χ1v) is 6.05. The lowest BCUT2D eigenvalue weighted by Crippen LogP contribution is -1.94. The fraction of sp³-hybridized carbons (Fsp3) is 0.0909. The van der Waals surface area contributed by atoms with Crippen LogP contribution in [0.3, 0.4) is 0 Å². The van der Waals surface area contributed by atoms with Crippen molar-refractivity contribution in [2.45, 2.75) is 5.16 Å². The van der Waals surface area contributed by atoms with Crippen molar-refractivity contribution in [1.82, 2.24) is 14.8 Å². The molecule has 16 heavy (non-hydrogen) atoms. The molecule has 0 spiro atoms. The van der Waals surface area contributed by atoms with Crippen LogP contribution in [0.2, 0.25) is 0 Å². The molecule has 0 fully saturated rings. The second-order valence-electron chi connectivity index (χ2n) is 3.13. The second-order valence-corrected chi connectivity index (χ2v) is 4.60. The lowest BCUT2D eigenvalue weighted by molar-refractivity contribution is 0.885. The predicted octanol–water partition coefficient (Wildman–Crippen LogP) is 3.11. The third-order valence-electron chi connectivity index (χ3n) is 1.91. The number of rotatable bonds is 4. The third kappa shape index (κ3) is 2.65. The number of para-hydroxylation sites is 1. The van der Waals surface area contributed by atoms with E-state index in [0.29, 0.717) is 10.8 Å². The first kappa shape index (κ1) is 11.2. The summed E-state index contributed by atoms with van der Waals surface area (Å²) in [6.45, 7) is 3.64. The normalized spacial score (nSPS) is 10.3. The van der Waals surface area contributed by atoms with Crippen LogP contribution in [0.4, 0.5) is 0 Å². The van der Waals surface area contributed by atoms with Crippen LogP contribution in [-0.4, -0.2) is 20.5 Å². The van der Waals surface area contributed by atoms with E-state index in [-0.39, 0.29) is 0 Å². The Morgan fingerprint density at radius 2 is 2.12 bits per heavy atom. The summed E-state index contributed by atoms with van der Waals surface area (Å²) in [6.07, 6.45) is 1.69. The quantitative estimate of drug-likeness (QED) is 0.783. The molecule has 1 heterocycles. The maximum absolute atomic E-state index is 5.72. The molecule has 0 radical (unpaired) electrons. The van der Waals surface area contributed by atoms with Gasteiger partial charge in [-0.15, -0.1) is 10.2 Å². The smallest absolute Gasteiger partial charge is 0.195 e. The molecule has 0 atom stereocenters. The molecule has 0 aliphatic heterocycles. The van der Waals surface area contributed by atoms with Gasteiger partial charge < -0.3 is 0 Å². The minimum atomic E-state index is 0.604. The fourth-order valence-electron chi connectivity index (χ4n) is 1.23. The average Bonchev–Trinajstić information content (AvgIpc) is 2.75. The molecule has 0 bridgehead atoms. The molecule has 5 heteroatoms. The van der Waals surface area contributed by atoms with E-state index in [9.17, 15) is 0 Å². The van der Waals surface area contributed by atoms with Crippen LogP contribution in [0.15, 0.2) is 53.4 Å². The van der Waals surface area contributed by atoms with Gasteiger partial charge in [-0.25, -0.2) is 0 Å². The van der Waals surface area contributed by atoms with E-state index in [2.05, 4.69) is 16.8 Å². The highest BCUT2D eigenvalue weighted by molar-refractivity contribution is 7.99. The maximum atomic E-state index is 5.72. The van der Waals surface area contributed by atoms with Crippen LogP contribution >= 0.6 is 23.4 Å². The molecule has 0 unspecified atom stereocenters. The van der Waals surface area contributed by atoms with E-state index in [1.807, 2.05) is 34.9 Å². The van der Waals surface area contributed by atoms with Crippen LogP contribution < -0.4 is 0 Å². The number of aromatic nitrogens is 3.